The lowest BCUT2D eigenvalue weighted by molar-refractivity contribution is -0.140. The second kappa shape index (κ2) is 7.33. The second-order valence-electron chi connectivity index (χ2n) is 7.29. The Morgan fingerprint density at radius 1 is 0.955 bits per heavy atom. The van der Waals surface area contributed by atoms with E-state index < -0.39 is 16.6 Å². The van der Waals surface area contributed by atoms with Gasteiger partial charge in [-0.3, -0.25) is 4.79 Å². The summed E-state index contributed by atoms with van der Waals surface area (Å²) in [6.07, 6.45) is 1.01. The van der Waals surface area contributed by atoms with Crippen LogP contribution in [0.1, 0.15) is 12.0 Å². The summed E-state index contributed by atoms with van der Waals surface area (Å²) in [5, 5.41) is 0. The molecule has 0 radical (unpaired) electrons. The van der Waals surface area contributed by atoms with E-state index in [1.165, 1.54) is 7.11 Å². The molecule has 4 nitrogen and oxygen atoms in total. The SMILES string of the molecule is COC(=O)CCc1ccc(O[Si](C)(C)C)c(O[Si](C)(C)C)c1. The molecule has 0 saturated carbocycles. The predicted octanol–water partition coefficient (Wildman–Crippen LogP) is 4.22. The van der Waals surface area contributed by atoms with Gasteiger partial charge in [-0.15, -0.1) is 0 Å². The number of rotatable bonds is 7. The van der Waals surface area contributed by atoms with E-state index >= 15 is 0 Å². The normalized spacial score (nSPS) is 12.0. The fourth-order valence-electron chi connectivity index (χ4n) is 1.88. The molecule has 1 aromatic rings. The highest BCUT2D eigenvalue weighted by atomic mass is 28.4. The quantitative estimate of drug-likeness (QED) is 0.551. The van der Waals surface area contributed by atoms with Crippen molar-refractivity contribution in [2.75, 3.05) is 7.11 Å². The molecule has 0 heterocycles. The molecule has 0 aliphatic heterocycles. The molecule has 124 valence electrons. The molecule has 0 bridgehead atoms. The summed E-state index contributed by atoms with van der Waals surface area (Å²) >= 11 is 0. The van der Waals surface area contributed by atoms with Crippen LogP contribution in [0.5, 0.6) is 11.5 Å². The number of hydrogen-bond donors (Lipinski definition) is 0. The minimum atomic E-state index is -1.74. The first-order valence-electron chi connectivity index (χ1n) is 7.58. The molecule has 0 atom stereocenters. The Morgan fingerprint density at radius 3 is 2.00 bits per heavy atom. The number of carbonyl (C=O) groups excluding carboxylic acids is 1. The highest BCUT2D eigenvalue weighted by Gasteiger charge is 2.23. The summed E-state index contributed by atoms with van der Waals surface area (Å²) in [6, 6.07) is 5.95. The van der Waals surface area contributed by atoms with E-state index in [-0.39, 0.29) is 5.97 Å². The lowest BCUT2D eigenvalue weighted by Crippen LogP contribution is -2.32. The van der Waals surface area contributed by atoms with Gasteiger partial charge in [0, 0.05) is 6.42 Å². The lowest BCUT2D eigenvalue weighted by atomic mass is 10.1. The molecule has 6 heteroatoms. The average Bonchev–Trinajstić information content (AvgIpc) is 2.35. The van der Waals surface area contributed by atoms with Gasteiger partial charge >= 0.3 is 5.97 Å². The van der Waals surface area contributed by atoms with Gasteiger partial charge in [-0.2, -0.15) is 0 Å². The number of hydrogen-bond acceptors (Lipinski definition) is 4. The summed E-state index contributed by atoms with van der Waals surface area (Å²) in [6.45, 7) is 12.9. The van der Waals surface area contributed by atoms with Crippen LogP contribution < -0.4 is 8.85 Å². The van der Waals surface area contributed by atoms with E-state index in [4.69, 9.17) is 8.85 Å². The van der Waals surface area contributed by atoms with Crippen molar-refractivity contribution >= 4 is 22.6 Å². The molecule has 22 heavy (non-hydrogen) atoms. The number of esters is 1. The van der Waals surface area contributed by atoms with Crippen molar-refractivity contribution in [2.45, 2.75) is 52.1 Å². The molecule has 0 aromatic heterocycles. The molecule has 0 amide bonds. The zero-order valence-electron chi connectivity index (χ0n) is 14.8. The third kappa shape index (κ3) is 7.13. The van der Waals surface area contributed by atoms with Crippen LogP contribution in [0.4, 0.5) is 0 Å². The molecule has 0 aliphatic rings. The van der Waals surface area contributed by atoms with Crippen LogP contribution in [-0.4, -0.2) is 29.7 Å². The second-order valence-corrected chi connectivity index (χ2v) is 16.1. The van der Waals surface area contributed by atoms with E-state index in [0.717, 1.165) is 17.1 Å². The van der Waals surface area contributed by atoms with Crippen LogP contribution in [0.2, 0.25) is 39.3 Å². The molecule has 0 unspecified atom stereocenters. The number of carbonyl (C=O) groups is 1. The van der Waals surface area contributed by atoms with Crippen molar-refractivity contribution in [1.29, 1.82) is 0 Å². The highest BCUT2D eigenvalue weighted by Crippen LogP contribution is 2.33. The van der Waals surface area contributed by atoms with Gasteiger partial charge in [-0.1, -0.05) is 6.07 Å². The Morgan fingerprint density at radius 2 is 1.50 bits per heavy atom. The summed E-state index contributed by atoms with van der Waals surface area (Å²) < 4.78 is 17.0. The van der Waals surface area contributed by atoms with Crippen LogP contribution in [0, 0.1) is 0 Å². The average molecular weight is 341 g/mol. The monoisotopic (exact) mass is 340 g/mol. The van der Waals surface area contributed by atoms with Crippen LogP contribution >= 0.6 is 0 Å². The van der Waals surface area contributed by atoms with Crippen molar-refractivity contribution in [2.24, 2.45) is 0 Å². The maximum absolute atomic E-state index is 11.3. The predicted molar refractivity (Wildman–Crippen MR) is 94.7 cm³/mol. The first kappa shape index (κ1) is 18.8. The molecular weight excluding hydrogens is 312 g/mol. The number of ether oxygens (including phenoxy) is 1. The maximum atomic E-state index is 11.3. The zero-order chi connectivity index (χ0) is 17.0. The van der Waals surface area contributed by atoms with Crippen molar-refractivity contribution in [3.05, 3.63) is 23.8 Å². The number of methoxy groups -OCH3 is 1. The fourth-order valence-corrected chi connectivity index (χ4v) is 3.53. The molecule has 0 aliphatic carbocycles. The fraction of sp³-hybridized carbons (Fsp3) is 0.562. The Hall–Kier alpha value is -1.28. The minimum Gasteiger partial charge on any atom is -0.542 e. The molecule has 0 saturated heterocycles. The summed E-state index contributed by atoms with van der Waals surface area (Å²) in [5.74, 6) is 1.41. The van der Waals surface area contributed by atoms with Gasteiger partial charge in [0.25, 0.3) is 0 Å². The van der Waals surface area contributed by atoms with Crippen molar-refractivity contribution in [3.63, 3.8) is 0 Å². The third-order valence-electron chi connectivity index (χ3n) is 2.69. The number of aryl methyl sites for hydroxylation is 1. The van der Waals surface area contributed by atoms with Gasteiger partial charge in [-0.05, 0) is 63.4 Å². The van der Waals surface area contributed by atoms with Crippen LogP contribution in [0.25, 0.3) is 0 Å². The lowest BCUT2D eigenvalue weighted by Gasteiger charge is -2.26. The van der Waals surface area contributed by atoms with Crippen molar-refractivity contribution in [3.8, 4) is 11.5 Å². The van der Waals surface area contributed by atoms with Crippen molar-refractivity contribution < 1.29 is 18.4 Å². The van der Waals surface area contributed by atoms with Crippen LogP contribution in [0.3, 0.4) is 0 Å². The zero-order valence-corrected chi connectivity index (χ0v) is 16.8. The molecule has 0 N–H and O–H groups in total. The molecular formula is C16H28O4Si2. The minimum absolute atomic E-state index is 0.199. The molecule has 1 aromatic carbocycles. The van der Waals surface area contributed by atoms with Gasteiger partial charge in [0.05, 0.1) is 7.11 Å². The van der Waals surface area contributed by atoms with Crippen molar-refractivity contribution in [1.82, 2.24) is 0 Å². The Kier molecular flexibility index (Phi) is 6.25. The molecule has 1 rings (SSSR count). The topological polar surface area (TPSA) is 44.8 Å². The highest BCUT2D eigenvalue weighted by molar-refractivity contribution is 6.71. The smallest absolute Gasteiger partial charge is 0.305 e. The van der Waals surface area contributed by atoms with Crippen LogP contribution in [0.15, 0.2) is 18.2 Å². The van der Waals surface area contributed by atoms with Gasteiger partial charge in [0.2, 0.25) is 16.6 Å². The van der Waals surface area contributed by atoms with E-state index in [9.17, 15) is 4.79 Å². The molecule has 0 fully saturated rings. The van der Waals surface area contributed by atoms with E-state index in [1.54, 1.807) is 0 Å². The Balaban J connectivity index is 3.00. The third-order valence-corrected chi connectivity index (χ3v) is 4.35. The maximum Gasteiger partial charge on any atom is 0.305 e. The number of benzene rings is 1. The van der Waals surface area contributed by atoms with Gasteiger partial charge in [-0.25, -0.2) is 0 Å². The Bertz CT molecular complexity index is 516. The van der Waals surface area contributed by atoms with Gasteiger partial charge < -0.3 is 13.6 Å². The van der Waals surface area contributed by atoms with Gasteiger partial charge in [0.1, 0.15) is 11.5 Å². The largest absolute Gasteiger partial charge is 0.542 e. The summed E-state index contributed by atoms with van der Waals surface area (Å²) in [4.78, 5) is 11.3. The Labute approximate surface area is 136 Å². The van der Waals surface area contributed by atoms with E-state index in [2.05, 4.69) is 44.0 Å². The summed E-state index contributed by atoms with van der Waals surface area (Å²) in [7, 11) is -2.03. The van der Waals surface area contributed by atoms with Crippen LogP contribution in [-0.2, 0) is 16.0 Å². The first-order valence-corrected chi connectivity index (χ1v) is 14.4. The summed E-state index contributed by atoms with van der Waals surface area (Å²) in [5.41, 5.74) is 1.06. The van der Waals surface area contributed by atoms with E-state index in [0.29, 0.717) is 12.8 Å². The van der Waals surface area contributed by atoms with E-state index in [1.807, 2.05) is 18.2 Å². The van der Waals surface area contributed by atoms with Gasteiger partial charge in [0.15, 0.2) is 0 Å². The first-order chi connectivity index (χ1) is 10.00. The standard InChI is InChI=1S/C16H28O4Si2/c1-18-16(17)11-9-13-8-10-14(19-21(2,3)4)15(12-13)20-22(5,6)7/h8,10,12H,9,11H2,1-7H3. The molecule has 0 spiro atoms.